The van der Waals surface area contributed by atoms with Gasteiger partial charge in [0.05, 0.1) is 28.6 Å². The first-order valence-corrected chi connectivity index (χ1v) is 9.41. The number of fused-ring (bicyclic) bond motifs is 1. The molecule has 2 aromatic carbocycles. The molecule has 0 aliphatic carbocycles. The Morgan fingerprint density at radius 1 is 1.00 bits per heavy atom. The predicted octanol–water partition coefficient (Wildman–Crippen LogP) is 5.01. The highest BCUT2D eigenvalue weighted by atomic mass is 16.3. The minimum absolute atomic E-state index is 0.0516. The molecule has 150 valence electrons. The topological polar surface area (TPSA) is 107 Å². The lowest BCUT2D eigenvalue weighted by Crippen LogP contribution is -1.97. The van der Waals surface area contributed by atoms with Gasteiger partial charge in [0.2, 0.25) is 5.88 Å². The first-order valence-electron chi connectivity index (χ1n) is 9.41. The Balaban J connectivity index is 1.87. The van der Waals surface area contributed by atoms with Gasteiger partial charge in [-0.25, -0.2) is 4.98 Å². The monoisotopic (exact) mass is 401 g/mol. The number of imidazole rings is 1. The second-order valence-corrected chi connectivity index (χ2v) is 7.24. The van der Waals surface area contributed by atoms with Crippen molar-refractivity contribution in [3.63, 3.8) is 0 Å². The number of phenolic OH excluding ortho intramolecular Hbond substituents is 1. The highest BCUT2D eigenvalue weighted by Gasteiger charge is 2.28. The van der Waals surface area contributed by atoms with Gasteiger partial charge in [-0.2, -0.15) is 0 Å². The molecular formula is C23H19N3O4. The van der Waals surface area contributed by atoms with Crippen molar-refractivity contribution >= 4 is 11.0 Å². The van der Waals surface area contributed by atoms with Crippen LogP contribution in [0.25, 0.3) is 39.3 Å². The number of aromatic amines is 1. The second kappa shape index (κ2) is 6.45. The van der Waals surface area contributed by atoms with Crippen LogP contribution in [0.15, 0.2) is 59.3 Å². The quantitative estimate of drug-likeness (QED) is 0.340. The molecule has 0 radical (unpaired) electrons. The van der Waals surface area contributed by atoms with Gasteiger partial charge in [0, 0.05) is 0 Å². The van der Waals surface area contributed by atoms with Crippen molar-refractivity contribution in [1.29, 1.82) is 0 Å². The Hall–Kier alpha value is -4.13. The van der Waals surface area contributed by atoms with Crippen molar-refractivity contribution in [2.75, 3.05) is 0 Å². The summed E-state index contributed by atoms with van der Waals surface area (Å²) < 4.78 is 7.50. The molecule has 7 nitrogen and oxygen atoms in total. The van der Waals surface area contributed by atoms with Crippen LogP contribution in [0, 0.1) is 13.8 Å². The summed E-state index contributed by atoms with van der Waals surface area (Å²) in [5, 5.41) is 31.8. The molecule has 0 spiro atoms. The highest BCUT2D eigenvalue weighted by molar-refractivity contribution is 5.90. The number of hydrogen-bond acceptors (Lipinski definition) is 5. The number of rotatable bonds is 3. The van der Waals surface area contributed by atoms with E-state index >= 15 is 0 Å². The predicted molar refractivity (Wildman–Crippen MR) is 113 cm³/mol. The van der Waals surface area contributed by atoms with E-state index in [1.165, 1.54) is 10.6 Å². The SMILES string of the molecule is Cc1cc(-c2c(-c3cccc(O)c3)c(O)c(O)n2-c2ccc3nc[nH]c3c2)oc1C. The van der Waals surface area contributed by atoms with E-state index in [0.717, 1.165) is 22.4 Å². The van der Waals surface area contributed by atoms with Crippen LogP contribution in [0.2, 0.25) is 0 Å². The molecule has 3 heterocycles. The molecule has 30 heavy (non-hydrogen) atoms. The first-order chi connectivity index (χ1) is 14.4. The van der Waals surface area contributed by atoms with Crippen LogP contribution >= 0.6 is 0 Å². The molecule has 5 aromatic rings. The van der Waals surface area contributed by atoms with Gasteiger partial charge in [0.25, 0.3) is 0 Å². The van der Waals surface area contributed by atoms with E-state index in [0.29, 0.717) is 28.3 Å². The Labute approximate surface area is 171 Å². The lowest BCUT2D eigenvalue weighted by Gasteiger charge is -2.11. The van der Waals surface area contributed by atoms with E-state index < -0.39 is 0 Å². The molecule has 0 saturated carbocycles. The van der Waals surface area contributed by atoms with Crippen LogP contribution in [-0.4, -0.2) is 29.9 Å². The fourth-order valence-corrected chi connectivity index (χ4v) is 3.72. The highest BCUT2D eigenvalue weighted by Crippen LogP contribution is 2.49. The molecule has 0 atom stereocenters. The molecule has 5 rings (SSSR count). The fourth-order valence-electron chi connectivity index (χ4n) is 3.72. The van der Waals surface area contributed by atoms with Gasteiger partial charge in [0.1, 0.15) is 17.2 Å². The van der Waals surface area contributed by atoms with Crippen molar-refractivity contribution in [1.82, 2.24) is 14.5 Å². The van der Waals surface area contributed by atoms with Gasteiger partial charge in [-0.05, 0) is 61.4 Å². The maximum absolute atomic E-state index is 10.9. The summed E-state index contributed by atoms with van der Waals surface area (Å²) in [6.45, 7) is 3.79. The first kappa shape index (κ1) is 17.9. The Kier molecular flexibility index (Phi) is 3.86. The lowest BCUT2D eigenvalue weighted by molar-refractivity contribution is 0.388. The third kappa shape index (κ3) is 2.63. The normalized spacial score (nSPS) is 11.4. The number of hydrogen-bond donors (Lipinski definition) is 4. The van der Waals surface area contributed by atoms with E-state index in [-0.39, 0.29) is 17.4 Å². The van der Waals surface area contributed by atoms with Crippen LogP contribution < -0.4 is 0 Å². The van der Waals surface area contributed by atoms with Gasteiger partial charge in [-0.15, -0.1) is 0 Å². The van der Waals surface area contributed by atoms with Crippen molar-refractivity contribution in [2.45, 2.75) is 13.8 Å². The summed E-state index contributed by atoms with van der Waals surface area (Å²) in [6.07, 6.45) is 1.60. The Morgan fingerprint density at radius 3 is 2.57 bits per heavy atom. The number of nitrogens with one attached hydrogen (secondary N) is 1. The molecule has 0 bridgehead atoms. The van der Waals surface area contributed by atoms with Crippen molar-refractivity contribution in [2.24, 2.45) is 0 Å². The molecule has 0 fully saturated rings. The number of aromatic hydroxyl groups is 3. The molecule has 0 amide bonds. The zero-order chi connectivity index (χ0) is 21.0. The molecule has 0 saturated heterocycles. The van der Waals surface area contributed by atoms with Gasteiger partial charge in [0.15, 0.2) is 11.5 Å². The fraction of sp³-hybridized carbons (Fsp3) is 0.0870. The van der Waals surface area contributed by atoms with Crippen molar-refractivity contribution < 1.29 is 19.7 Å². The maximum atomic E-state index is 10.9. The van der Waals surface area contributed by atoms with Crippen LogP contribution in [0.1, 0.15) is 11.3 Å². The molecule has 0 aliphatic heterocycles. The summed E-state index contributed by atoms with van der Waals surface area (Å²) in [7, 11) is 0. The smallest absolute Gasteiger partial charge is 0.240 e. The third-order valence-corrected chi connectivity index (χ3v) is 5.32. The number of benzene rings is 2. The van der Waals surface area contributed by atoms with E-state index in [9.17, 15) is 15.3 Å². The number of phenols is 1. The molecular weight excluding hydrogens is 382 g/mol. The Bertz CT molecular complexity index is 1390. The number of furan rings is 1. The van der Waals surface area contributed by atoms with Crippen molar-refractivity contribution in [3.05, 3.63) is 66.2 Å². The molecule has 3 aromatic heterocycles. The minimum Gasteiger partial charge on any atom is -0.508 e. The van der Waals surface area contributed by atoms with E-state index in [1.807, 2.05) is 32.0 Å². The zero-order valence-electron chi connectivity index (χ0n) is 16.3. The van der Waals surface area contributed by atoms with E-state index in [4.69, 9.17) is 4.42 Å². The van der Waals surface area contributed by atoms with Gasteiger partial charge < -0.3 is 24.7 Å². The standard InChI is InChI=1S/C23H19N3O4/c1-12-8-19(30-13(12)2)21-20(14-4-3-5-16(27)9-14)22(28)23(29)26(21)15-6-7-17-18(10-15)25-11-24-17/h3-11,27-29H,1-2H3,(H,24,25). The van der Waals surface area contributed by atoms with E-state index in [2.05, 4.69) is 9.97 Å². The molecule has 0 aliphatic rings. The number of aryl methyl sites for hydroxylation is 2. The molecule has 4 N–H and O–H groups in total. The van der Waals surface area contributed by atoms with Crippen LogP contribution in [0.4, 0.5) is 0 Å². The van der Waals surface area contributed by atoms with Crippen LogP contribution in [-0.2, 0) is 0 Å². The van der Waals surface area contributed by atoms with Crippen LogP contribution in [0.3, 0.4) is 0 Å². The van der Waals surface area contributed by atoms with Crippen molar-refractivity contribution in [3.8, 4) is 45.6 Å². The third-order valence-electron chi connectivity index (χ3n) is 5.32. The minimum atomic E-state index is -0.325. The number of nitrogens with zero attached hydrogens (tertiary/aromatic N) is 2. The summed E-state index contributed by atoms with van der Waals surface area (Å²) >= 11 is 0. The number of aromatic nitrogens is 3. The van der Waals surface area contributed by atoms with Gasteiger partial charge in [-0.1, -0.05) is 12.1 Å². The number of H-pyrrole nitrogens is 1. The summed E-state index contributed by atoms with van der Waals surface area (Å²) in [6, 6.07) is 13.8. The second-order valence-electron chi connectivity index (χ2n) is 7.24. The van der Waals surface area contributed by atoms with Gasteiger partial charge >= 0.3 is 0 Å². The van der Waals surface area contributed by atoms with Crippen LogP contribution in [0.5, 0.6) is 17.4 Å². The summed E-state index contributed by atoms with van der Waals surface area (Å²) in [5.74, 6) is 0.656. The Morgan fingerprint density at radius 2 is 1.83 bits per heavy atom. The summed E-state index contributed by atoms with van der Waals surface area (Å²) in [5.41, 5.74) is 4.53. The molecule has 0 unspecified atom stereocenters. The average Bonchev–Trinajstić information content (AvgIpc) is 3.39. The average molecular weight is 401 g/mol. The lowest BCUT2D eigenvalue weighted by atomic mass is 10.0. The molecule has 7 heteroatoms. The van der Waals surface area contributed by atoms with E-state index in [1.54, 1.807) is 30.6 Å². The zero-order valence-corrected chi connectivity index (χ0v) is 16.3. The largest absolute Gasteiger partial charge is 0.508 e. The maximum Gasteiger partial charge on any atom is 0.240 e. The summed E-state index contributed by atoms with van der Waals surface area (Å²) in [4.78, 5) is 7.29. The van der Waals surface area contributed by atoms with Gasteiger partial charge in [-0.3, -0.25) is 4.57 Å².